The first-order chi connectivity index (χ1) is 7.49. The second-order valence-corrected chi connectivity index (χ2v) is 7.50. The molecule has 1 rings (SSSR count). The lowest BCUT2D eigenvalue weighted by Crippen LogP contribution is -2.03. The van der Waals surface area contributed by atoms with Crippen LogP contribution in [0.4, 0.5) is 0 Å². The number of nitrogens with zero attached hydrogens (tertiary/aromatic N) is 1. The van der Waals surface area contributed by atoms with E-state index in [0.29, 0.717) is 0 Å². The highest BCUT2D eigenvalue weighted by molar-refractivity contribution is 8.00. The highest BCUT2D eigenvalue weighted by atomic mass is 32.3. The standard InChI is InChI=1S/C11H17NO2S2/c1-4-15(5-2)12-16(13,14)11-8-6-10(3)7-9-11/h6-9H,4-5H2,1-3H3. The van der Waals surface area contributed by atoms with E-state index in [1.807, 2.05) is 20.8 Å². The summed E-state index contributed by atoms with van der Waals surface area (Å²) in [5.41, 5.74) is 1.05. The molecule has 0 aliphatic carbocycles. The van der Waals surface area contributed by atoms with E-state index in [1.54, 1.807) is 24.3 Å². The Morgan fingerprint density at radius 1 is 1.12 bits per heavy atom. The van der Waals surface area contributed by atoms with E-state index in [9.17, 15) is 8.42 Å². The van der Waals surface area contributed by atoms with E-state index in [2.05, 4.69) is 3.77 Å². The summed E-state index contributed by atoms with van der Waals surface area (Å²) in [6.45, 7) is 5.84. The zero-order valence-corrected chi connectivity index (χ0v) is 11.4. The van der Waals surface area contributed by atoms with Crippen LogP contribution in [-0.4, -0.2) is 19.9 Å². The number of hydrogen-bond donors (Lipinski definition) is 0. The molecule has 3 nitrogen and oxygen atoms in total. The molecule has 0 heterocycles. The van der Waals surface area contributed by atoms with Gasteiger partial charge in [0.25, 0.3) is 10.0 Å². The van der Waals surface area contributed by atoms with Crippen LogP contribution in [0.5, 0.6) is 0 Å². The molecule has 0 atom stereocenters. The van der Waals surface area contributed by atoms with Crippen molar-refractivity contribution < 1.29 is 8.42 Å². The van der Waals surface area contributed by atoms with Crippen LogP contribution in [0.3, 0.4) is 0 Å². The summed E-state index contributed by atoms with van der Waals surface area (Å²) in [5.74, 6) is 1.56. The van der Waals surface area contributed by atoms with Crippen molar-refractivity contribution in [3.63, 3.8) is 0 Å². The van der Waals surface area contributed by atoms with Gasteiger partial charge in [0, 0.05) is 11.5 Å². The van der Waals surface area contributed by atoms with E-state index in [1.165, 1.54) is 0 Å². The Morgan fingerprint density at radius 3 is 2.06 bits per heavy atom. The molecule has 0 radical (unpaired) electrons. The molecule has 0 aliphatic heterocycles. The van der Waals surface area contributed by atoms with Crippen molar-refractivity contribution in [1.29, 1.82) is 0 Å². The number of sulfonamides is 1. The first-order valence-corrected chi connectivity index (χ1v) is 8.18. The third-order valence-electron chi connectivity index (χ3n) is 2.19. The Labute approximate surface area is 100 Å². The Hall–Kier alpha value is -0.680. The first-order valence-electron chi connectivity index (χ1n) is 5.22. The fourth-order valence-corrected chi connectivity index (χ4v) is 4.39. The first kappa shape index (κ1) is 13.4. The SMILES string of the molecule is CCS(CC)=NS(=O)(=O)c1ccc(C)cc1. The molecule has 0 bridgehead atoms. The lowest BCUT2D eigenvalue weighted by atomic mass is 10.2. The summed E-state index contributed by atoms with van der Waals surface area (Å²) in [6, 6.07) is 6.80. The van der Waals surface area contributed by atoms with Crippen molar-refractivity contribution in [2.75, 3.05) is 11.5 Å². The maximum atomic E-state index is 11.9. The van der Waals surface area contributed by atoms with Gasteiger partial charge >= 0.3 is 0 Å². The Bertz CT molecular complexity index is 469. The largest absolute Gasteiger partial charge is 0.287 e. The summed E-state index contributed by atoms with van der Waals surface area (Å²) >= 11 is 0. The lowest BCUT2D eigenvalue weighted by Gasteiger charge is -2.03. The monoisotopic (exact) mass is 259 g/mol. The zero-order chi connectivity index (χ0) is 12.2. The molecule has 16 heavy (non-hydrogen) atoms. The van der Waals surface area contributed by atoms with Gasteiger partial charge in [0.05, 0.1) is 4.90 Å². The summed E-state index contributed by atoms with van der Waals surface area (Å²) < 4.78 is 27.8. The van der Waals surface area contributed by atoms with Crippen molar-refractivity contribution in [1.82, 2.24) is 0 Å². The van der Waals surface area contributed by atoms with Crippen LogP contribution in [0.25, 0.3) is 0 Å². The van der Waals surface area contributed by atoms with Crippen LogP contribution >= 0.6 is 0 Å². The van der Waals surface area contributed by atoms with Gasteiger partial charge in [-0.2, -0.15) is 8.42 Å². The molecule has 0 aliphatic rings. The third kappa shape index (κ3) is 3.42. The normalized spacial score (nSPS) is 11.8. The highest BCUT2D eigenvalue weighted by Gasteiger charge is 2.12. The number of benzene rings is 1. The fraction of sp³-hybridized carbons (Fsp3) is 0.455. The van der Waals surface area contributed by atoms with Crippen LogP contribution in [0.1, 0.15) is 19.4 Å². The van der Waals surface area contributed by atoms with E-state index >= 15 is 0 Å². The molecule has 0 spiro atoms. The molecule has 0 aromatic heterocycles. The molecule has 0 saturated carbocycles. The van der Waals surface area contributed by atoms with Crippen molar-refractivity contribution in [3.05, 3.63) is 29.8 Å². The fourth-order valence-electron chi connectivity index (χ4n) is 1.20. The quantitative estimate of drug-likeness (QED) is 0.834. The van der Waals surface area contributed by atoms with Crippen LogP contribution < -0.4 is 0 Å². The predicted octanol–water partition coefficient (Wildman–Crippen LogP) is 2.53. The van der Waals surface area contributed by atoms with Gasteiger partial charge < -0.3 is 0 Å². The molecule has 90 valence electrons. The summed E-state index contributed by atoms with van der Waals surface area (Å²) in [6.07, 6.45) is 0. The Balaban J connectivity index is 3.12. The second kappa shape index (κ2) is 5.59. The zero-order valence-electron chi connectivity index (χ0n) is 9.80. The van der Waals surface area contributed by atoms with E-state index in [-0.39, 0.29) is 15.6 Å². The van der Waals surface area contributed by atoms with Crippen molar-refractivity contribution in [3.8, 4) is 0 Å². The minimum absolute atomic E-state index is 0.289. The molecular weight excluding hydrogens is 242 g/mol. The van der Waals surface area contributed by atoms with Crippen molar-refractivity contribution in [2.45, 2.75) is 25.7 Å². The summed E-state index contributed by atoms with van der Waals surface area (Å²) in [4.78, 5) is 0.289. The van der Waals surface area contributed by atoms with Gasteiger partial charge in [0.15, 0.2) is 0 Å². The van der Waals surface area contributed by atoms with E-state index in [4.69, 9.17) is 0 Å². The highest BCUT2D eigenvalue weighted by Crippen LogP contribution is 2.14. The van der Waals surface area contributed by atoms with Gasteiger partial charge in [-0.15, -0.1) is 3.77 Å². The second-order valence-electron chi connectivity index (χ2n) is 3.40. The topological polar surface area (TPSA) is 46.5 Å². The molecule has 0 amide bonds. The van der Waals surface area contributed by atoms with Gasteiger partial charge in [0.1, 0.15) is 0 Å². The maximum absolute atomic E-state index is 11.9. The smallest absolute Gasteiger partial charge is 0.199 e. The Kier molecular flexibility index (Phi) is 4.68. The van der Waals surface area contributed by atoms with Gasteiger partial charge in [-0.05, 0) is 19.1 Å². The maximum Gasteiger partial charge on any atom is 0.287 e. The lowest BCUT2D eigenvalue weighted by molar-refractivity contribution is 0.598. The van der Waals surface area contributed by atoms with Crippen LogP contribution in [0.2, 0.25) is 0 Å². The number of aryl methyl sites for hydroxylation is 1. The van der Waals surface area contributed by atoms with Crippen molar-refractivity contribution in [2.24, 2.45) is 3.77 Å². The van der Waals surface area contributed by atoms with Gasteiger partial charge in [-0.25, -0.2) is 0 Å². The third-order valence-corrected chi connectivity index (χ3v) is 6.02. The average molecular weight is 259 g/mol. The van der Waals surface area contributed by atoms with Gasteiger partial charge in [-0.3, -0.25) is 0 Å². The molecule has 1 aromatic carbocycles. The molecule has 5 heteroatoms. The van der Waals surface area contributed by atoms with Crippen molar-refractivity contribution >= 4 is 20.7 Å². The van der Waals surface area contributed by atoms with Gasteiger partial charge in [-0.1, -0.05) is 42.2 Å². The molecule has 0 saturated heterocycles. The van der Waals surface area contributed by atoms with E-state index in [0.717, 1.165) is 17.1 Å². The number of rotatable bonds is 4. The molecular formula is C11H17NO2S2. The van der Waals surface area contributed by atoms with Crippen LogP contribution in [0.15, 0.2) is 32.9 Å². The molecule has 0 unspecified atom stereocenters. The van der Waals surface area contributed by atoms with Crippen LogP contribution in [-0.2, 0) is 20.7 Å². The predicted molar refractivity (Wildman–Crippen MR) is 69.2 cm³/mol. The summed E-state index contributed by atoms with van der Waals surface area (Å²) in [7, 11) is -3.84. The van der Waals surface area contributed by atoms with Gasteiger partial charge in [0.2, 0.25) is 0 Å². The molecule has 0 fully saturated rings. The van der Waals surface area contributed by atoms with Crippen LogP contribution in [0, 0.1) is 6.92 Å². The minimum atomic E-state index is -3.46. The number of hydrogen-bond acceptors (Lipinski definition) is 2. The summed E-state index contributed by atoms with van der Waals surface area (Å²) in [5, 5.41) is 0. The average Bonchev–Trinajstić information content (AvgIpc) is 2.26. The Morgan fingerprint density at radius 2 is 1.62 bits per heavy atom. The molecule has 1 aromatic rings. The van der Waals surface area contributed by atoms with E-state index < -0.39 is 10.0 Å². The minimum Gasteiger partial charge on any atom is -0.199 e. The molecule has 0 N–H and O–H groups in total.